The summed E-state index contributed by atoms with van der Waals surface area (Å²) < 4.78 is 15.1. The Kier molecular flexibility index (Phi) is 5.73. The molecule has 0 aliphatic carbocycles. The quantitative estimate of drug-likeness (QED) is 0.657. The second-order valence-electron chi connectivity index (χ2n) is 5.19. The van der Waals surface area contributed by atoms with Crippen LogP contribution in [0.3, 0.4) is 0 Å². The maximum atomic E-state index is 13.5. The van der Waals surface area contributed by atoms with E-state index < -0.39 is 0 Å². The molecule has 0 aliphatic rings. The van der Waals surface area contributed by atoms with Gasteiger partial charge in [0, 0.05) is 6.54 Å². The van der Waals surface area contributed by atoms with Crippen LogP contribution in [0.1, 0.15) is 5.56 Å². The summed E-state index contributed by atoms with van der Waals surface area (Å²) in [7, 11) is 0. The van der Waals surface area contributed by atoms with Crippen LogP contribution in [0.15, 0.2) is 59.8 Å². The molecule has 8 heteroatoms. The van der Waals surface area contributed by atoms with Gasteiger partial charge in [-0.15, -0.1) is 5.10 Å². The van der Waals surface area contributed by atoms with Gasteiger partial charge in [0.1, 0.15) is 5.82 Å². The summed E-state index contributed by atoms with van der Waals surface area (Å²) in [4.78, 5) is 12.0. The molecule has 0 saturated carbocycles. The van der Waals surface area contributed by atoms with Crippen LogP contribution in [-0.2, 0) is 11.2 Å². The van der Waals surface area contributed by atoms with Gasteiger partial charge in [-0.2, -0.15) is 4.68 Å². The number of para-hydroxylation sites is 1. The number of carbonyl (C=O) groups excluding carboxylic acids is 1. The lowest BCUT2D eigenvalue weighted by Gasteiger charge is -2.06. The van der Waals surface area contributed by atoms with Gasteiger partial charge in [-0.25, -0.2) is 4.39 Å². The van der Waals surface area contributed by atoms with E-state index in [1.807, 2.05) is 30.3 Å². The number of rotatable bonds is 7. The average Bonchev–Trinajstić information content (AvgIpc) is 3.11. The average molecular weight is 357 g/mol. The van der Waals surface area contributed by atoms with Crippen molar-refractivity contribution in [1.82, 2.24) is 25.5 Å². The Morgan fingerprint density at radius 2 is 1.88 bits per heavy atom. The minimum atomic E-state index is -0.256. The van der Waals surface area contributed by atoms with E-state index in [2.05, 4.69) is 20.8 Å². The summed E-state index contributed by atoms with van der Waals surface area (Å²) in [6, 6.07) is 16.0. The first-order valence-corrected chi connectivity index (χ1v) is 8.69. The third-order valence-electron chi connectivity index (χ3n) is 3.45. The highest BCUT2D eigenvalue weighted by molar-refractivity contribution is 7.99. The van der Waals surface area contributed by atoms with Crippen LogP contribution >= 0.6 is 11.8 Å². The van der Waals surface area contributed by atoms with Crippen molar-refractivity contribution < 1.29 is 9.18 Å². The predicted molar refractivity (Wildman–Crippen MR) is 93.0 cm³/mol. The van der Waals surface area contributed by atoms with Crippen LogP contribution in [0.4, 0.5) is 4.39 Å². The number of nitrogens with one attached hydrogen (secondary N) is 1. The van der Waals surface area contributed by atoms with Gasteiger partial charge in [-0.3, -0.25) is 4.79 Å². The molecule has 0 aliphatic heterocycles. The summed E-state index contributed by atoms with van der Waals surface area (Å²) in [6.45, 7) is 0.379. The second-order valence-corrected chi connectivity index (χ2v) is 6.13. The van der Waals surface area contributed by atoms with Gasteiger partial charge in [0.05, 0.1) is 11.4 Å². The molecule has 0 spiro atoms. The zero-order valence-electron chi connectivity index (χ0n) is 13.3. The highest BCUT2D eigenvalue weighted by atomic mass is 32.2. The van der Waals surface area contributed by atoms with E-state index in [4.69, 9.17) is 0 Å². The molecule has 6 nitrogen and oxygen atoms in total. The summed E-state index contributed by atoms with van der Waals surface area (Å²) in [5.41, 5.74) is 1.42. The number of benzene rings is 2. The van der Waals surface area contributed by atoms with E-state index in [1.165, 1.54) is 17.8 Å². The van der Waals surface area contributed by atoms with E-state index in [0.717, 1.165) is 5.69 Å². The first-order valence-electron chi connectivity index (χ1n) is 7.71. The summed E-state index contributed by atoms with van der Waals surface area (Å²) in [5, 5.41) is 14.8. The van der Waals surface area contributed by atoms with Crippen LogP contribution in [0.5, 0.6) is 0 Å². The third kappa shape index (κ3) is 4.63. The standard InChI is InChI=1S/C17H16FN5OS/c18-15-9-5-4-6-13(15)10-11-19-16(24)12-25-17-20-21-22-23(17)14-7-2-1-3-8-14/h1-9H,10-12H2,(H,19,24). The number of hydrogen-bond acceptors (Lipinski definition) is 5. The van der Waals surface area contributed by atoms with Gasteiger partial charge in [0.25, 0.3) is 0 Å². The molecule has 25 heavy (non-hydrogen) atoms. The van der Waals surface area contributed by atoms with Gasteiger partial charge in [-0.1, -0.05) is 48.2 Å². The molecular formula is C17H16FN5OS. The van der Waals surface area contributed by atoms with Crippen LogP contribution in [-0.4, -0.2) is 38.4 Å². The molecule has 3 rings (SSSR count). The number of amides is 1. The monoisotopic (exact) mass is 357 g/mol. The van der Waals surface area contributed by atoms with E-state index in [1.54, 1.807) is 22.9 Å². The van der Waals surface area contributed by atoms with Crippen molar-refractivity contribution in [2.24, 2.45) is 0 Å². The zero-order valence-corrected chi connectivity index (χ0v) is 14.1. The normalized spacial score (nSPS) is 10.6. The predicted octanol–water partition coefficient (Wildman–Crippen LogP) is 2.25. The Balaban J connectivity index is 1.49. The fourth-order valence-electron chi connectivity index (χ4n) is 2.22. The Hall–Kier alpha value is -2.74. The SMILES string of the molecule is O=C(CSc1nnnn1-c1ccccc1)NCCc1ccccc1F. The Labute approximate surface area is 148 Å². The molecule has 0 atom stereocenters. The van der Waals surface area contributed by atoms with Gasteiger partial charge in [-0.05, 0) is 40.6 Å². The third-order valence-corrected chi connectivity index (χ3v) is 4.37. The van der Waals surface area contributed by atoms with Gasteiger partial charge < -0.3 is 5.32 Å². The molecule has 0 radical (unpaired) electrons. The highest BCUT2D eigenvalue weighted by Crippen LogP contribution is 2.17. The van der Waals surface area contributed by atoms with Crippen molar-refractivity contribution in [3.8, 4) is 5.69 Å². The lowest BCUT2D eigenvalue weighted by atomic mass is 10.1. The van der Waals surface area contributed by atoms with E-state index >= 15 is 0 Å². The Morgan fingerprint density at radius 3 is 2.68 bits per heavy atom. The number of tetrazole rings is 1. The van der Waals surface area contributed by atoms with Crippen molar-refractivity contribution >= 4 is 17.7 Å². The van der Waals surface area contributed by atoms with Gasteiger partial charge >= 0.3 is 0 Å². The Bertz CT molecular complexity index is 840. The minimum absolute atomic E-state index is 0.149. The number of carbonyl (C=O) groups is 1. The molecule has 128 valence electrons. The molecule has 2 aromatic carbocycles. The molecule has 1 heterocycles. The molecular weight excluding hydrogens is 341 g/mol. The first kappa shape index (κ1) is 17.1. The topological polar surface area (TPSA) is 72.7 Å². The molecule has 0 bridgehead atoms. The molecule has 1 N–H and O–H groups in total. The number of halogens is 1. The van der Waals surface area contributed by atoms with E-state index in [9.17, 15) is 9.18 Å². The minimum Gasteiger partial charge on any atom is -0.355 e. The Morgan fingerprint density at radius 1 is 1.12 bits per heavy atom. The molecule has 0 unspecified atom stereocenters. The summed E-state index contributed by atoms with van der Waals surface area (Å²) >= 11 is 1.25. The molecule has 0 fully saturated rings. The number of nitrogens with zero attached hydrogens (tertiary/aromatic N) is 4. The van der Waals surface area contributed by atoms with Crippen LogP contribution in [0.2, 0.25) is 0 Å². The van der Waals surface area contributed by atoms with Gasteiger partial charge in [0.15, 0.2) is 0 Å². The van der Waals surface area contributed by atoms with Crippen molar-refractivity contribution in [3.63, 3.8) is 0 Å². The second kappa shape index (κ2) is 8.39. The maximum Gasteiger partial charge on any atom is 0.230 e. The summed E-state index contributed by atoms with van der Waals surface area (Å²) in [5.74, 6) is -0.220. The smallest absolute Gasteiger partial charge is 0.230 e. The first-order chi connectivity index (χ1) is 12.2. The molecule has 1 amide bonds. The van der Waals surface area contributed by atoms with Gasteiger partial charge in [0.2, 0.25) is 11.1 Å². The van der Waals surface area contributed by atoms with Crippen LogP contribution in [0.25, 0.3) is 5.69 Å². The number of aromatic nitrogens is 4. The molecule has 0 saturated heterocycles. The van der Waals surface area contributed by atoms with Crippen molar-refractivity contribution in [3.05, 3.63) is 66.0 Å². The number of thioether (sulfide) groups is 1. The highest BCUT2D eigenvalue weighted by Gasteiger charge is 2.11. The van der Waals surface area contributed by atoms with E-state index in [0.29, 0.717) is 23.7 Å². The van der Waals surface area contributed by atoms with Crippen LogP contribution < -0.4 is 5.32 Å². The lowest BCUT2D eigenvalue weighted by molar-refractivity contribution is -0.118. The van der Waals surface area contributed by atoms with Crippen LogP contribution in [0, 0.1) is 5.82 Å². The fourth-order valence-corrected chi connectivity index (χ4v) is 2.94. The lowest BCUT2D eigenvalue weighted by Crippen LogP contribution is -2.27. The van der Waals surface area contributed by atoms with Crippen molar-refractivity contribution in [1.29, 1.82) is 0 Å². The molecule has 3 aromatic rings. The van der Waals surface area contributed by atoms with E-state index in [-0.39, 0.29) is 17.5 Å². The maximum absolute atomic E-state index is 13.5. The van der Waals surface area contributed by atoms with Crippen molar-refractivity contribution in [2.45, 2.75) is 11.6 Å². The molecule has 1 aromatic heterocycles. The number of hydrogen-bond donors (Lipinski definition) is 1. The summed E-state index contributed by atoms with van der Waals surface area (Å²) in [6.07, 6.45) is 0.449. The zero-order chi connectivity index (χ0) is 17.5. The van der Waals surface area contributed by atoms with Crippen molar-refractivity contribution in [2.75, 3.05) is 12.3 Å². The largest absolute Gasteiger partial charge is 0.355 e. The fraction of sp³-hybridized carbons (Fsp3) is 0.176.